The maximum Gasteiger partial charge on any atom is 0.244 e. The van der Waals surface area contributed by atoms with Crippen molar-refractivity contribution in [1.82, 2.24) is 5.32 Å². The lowest BCUT2D eigenvalue weighted by Crippen LogP contribution is -2.48. The van der Waals surface area contributed by atoms with Gasteiger partial charge in [-0.05, 0) is 81.5 Å². The van der Waals surface area contributed by atoms with E-state index in [0.717, 1.165) is 32.8 Å². The Bertz CT molecular complexity index is 1030. The summed E-state index contributed by atoms with van der Waals surface area (Å²) in [5.41, 5.74) is 5.63. The van der Waals surface area contributed by atoms with Gasteiger partial charge in [0, 0.05) is 5.02 Å². The van der Waals surface area contributed by atoms with Crippen LogP contribution in [0.1, 0.15) is 47.7 Å². The number of nitrogens with one attached hydrogen (secondary N) is 1. The van der Waals surface area contributed by atoms with Crippen LogP contribution in [-0.4, -0.2) is 26.6 Å². The van der Waals surface area contributed by atoms with Crippen LogP contribution in [0.25, 0.3) is 0 Å². The average Bonchev–Trinajstić information content (AvgIpc) is 2.59. The molecule has 0 unspecified atom stereocenters. The highest BCUT2D eigenvalue weighted by atomic mass is 35.5. The molecule has 5 nitrogen and oxygen atoms in total. The molecule has 0 heterocycles. The SMILES string of the molecule is Cc1cc(C)c([C@@H](C)NC(=O)[C@H](C)N(c2ccc(C)c(Cl)c2)S(C)(=O)=O)cc1C. The van der Waals surface area contributed by atoms with Gasteiger partial charge >= 0.3 is 0 Å². The first-order valence-corrected chi connectivity index (χ1v) is 11.7. The largest absolute Gasteiger partial charge is 0.348 e. The lowest BCUT2D eigenvalue weighted by molar-refractivity contribution is -0.122. The molecule has 1 N–H and O–H groups in total. The third kappa shape index (κ3) is 5.31. The fourth-order valence-electron chi connectivity index (χ4n) is 3.39. The van der Waals surface area contributed by atoms with Gasteiger partial charge < -0.3 is 5.32 Å². The van der Waals surface area contributed by atoms with Gasteiger partial charge in [0.15, 0.2) is 0 Å². The molecule has 158 valence electrons. The van der Waals surface area contributed by atoms with Crippen molar-refractivity contribution in [3.05, 3.63) is 63.2 Å². The van der Waals surface area contributed by atoms with E-state index < -0.39 is 16.1 Å². The third-order valence-electron chi connectivity index (χ3n) is 5.21. The van der Waals surface area contributed by atoms with Crippen LogP contribution in [-0.2, 0) is 14.8 Å². The average molecular weight is 437 g/mol. The van der Waals surface area contributed by atoms with E-state index in [1.807, 2.05) is 34.6 Å². The molecule has 2 aromatic carbocycles. The number of anilines is 1. The van der Waals surface area contributed by atoms with E-state index >= 15 is 0 Å². The van der Waals surface area contributed by atoms with Crippen molar-refractivity contribution in [3.8, 4) is 0 Å². The van der Waals surface area contributed by atoms with Gasteiger partial charge in [-0.25, -0.2) is 8.42 Å². The highest BCUT2D eigenvalue weighted by molar-refractivity contribution is 7.92. The van der Waals surface area contributed by atoms with Crippen molar-refractivity contribution in [3.63, 3.8) is 0 Å². The molecule has 2 rings (SSSR count). The first kappa shape index (κ1) is 23.2. The number of amides is 1. The smallest absolute Gasteiger partial charge is 0.244 e. The monoisotopic (exact) mass is 436 g/mol. The standard InChI is InChI=1S/C22H29ClN2O3S/c1-13-8-9-19(12-21(13)23)25(29(7,27)28)18(6)22(26)24-17(5)20-11-15(3)14(2)10-16(20)4/h8-12,17-18H,1-7H3,(H,24,26)/t17-,18+/m1/s1. The van der Waals surface area contributed by atoms with Crippen LogP contribution in [0.2, 0.25) is 5.02 Å². The van der Waals surface area contributed by atoms with Gasteiger partial charge in [0.2, 0.25) is 15.9 Å². The number of benzene rings is 2. The molecule has 0 aliphatic carbocycles. The Kier molecular flexibility index (Phi) is 7.01. The molecule has 1 amide bonds. The van der Waals surface area contributed by atoms with Crippen molar-refractivity contribution in [2.45, 2.75) is 53.6 Å². The van der Waals surface area contributed by atoms with E-state index in [-0.39, 0.29) is 11.9 Å². The van der Waals surface area contributed by atoms with Gasteiger partial charge in [-0.2, -0.15) is 0 Å². The highest BCUT2D eigenvalue weighted by Crippen LogP contribution is 2.27. The topological polar surface area (TPSA) is 66.5 Å². The number of nitrogens with zero attached hydrogens (tertiary/aromatic N) is 1. The molecular weight excluding hydrogens is 408 g/mol. The molecule has 0 aliphatic heterocycles. The number of hydrogen-bond donors (Lipinski definition) is 1. The van der Waals surface area contributed by atoms with Gasteiger partial charge in [0.1, 0.15) is 6.04 Å². The van der Waals surface area contributed by atoms with E-state index in [4.69, 9.17) is 11.6 Å². The lowest BCUT2D eigenvalue weighted by Gasteiger charge is -2.30. The summed E-state index contributed by atoms with van der Waals surface area (Å²) in [4.78, 5) is 13.0. The summed E-state index contributed by atoms with van der Waals surface area (Å²) >= 11 is 6.18. The van der Waals surface area contributed by atoms with E-state index in [1.54, 1.807) is 25.1 Å². The second kappa shape index (κ2) is 8.76. The number of carbonyl (C=O) groups is 1. The third-order valence-corrected chi connectivity index (χ3v) is 6.85. The molecule has 2 atom stereocenters. The fourth-order valence-corrected chi connectivity index (χ4v) is 4.73. The zero-order valence-electron chi connectivity index (χ0n) is 18.0. The van der Waals surface area contributed by atoms with Gasteiger partial charge in [-0.15, -0.1) is 0 Å². The summed E-state index contributed by atoms with van der Waals surface area (Å²) in [5.74, 6) is -0.378. The summed E-state index contributed by atoms with van der Waals surface area (Å²) < 4.78 is 26.0. The second-order valence-corrected chi connectivity index (χ2v) is 9.96. The number of halogens is 1. The zero-order chi connectivity index (χ0) is 22.1. The number of rotatable bonds is 6. The number of hydrogen-bond acceptors (Lipinski definition) is 3. The van der Waals surface area contributed by atoms with Crippen molar-refractivity contribution < 1.29 is 13.2 Å². The van der Waals surface area contributed by atoms with Gasteiger partial charge in [0.05, 0.1) is 18.0 Å². The number of sulfonamides is 1. The van der Waals surface area contributed by atoms with Crippen LogP contribution in [0.3, 0.4) is 0 Å². The number of aryl methyl sites for hydroxylation is 4. The van der Waals surface area contributed by atoms with Crippen molar-refractivity contribution in [1.29, 1.82) is 0 Å². The minimum absolute atomic E-state index is 0.257. The van der Waals surface area contributed by atoms with E-state index in [2.05, 4.69) is 17.4 Å². The van der Waals surface area contributed by atoms with Crippen LogP contribution in [0.15, 0.2) is 30.3 Å². The minimum Gasteiger partial charge on any atom is -0.348 e. The van der Waals surface area contributed by atoms with E-state index in [0.29, 0.717) is 10.7 Å². The Hall–Kier alpha value is -2.05. The molecule has 0 saturated heterocycles. The first-order chi connectivity index (χ1) is 13.3. The highest BCUT2D eigenvalue weighted by Gasteiger charge is 2.30. The summed E-state index contributed by atoms with van der Waals surface area (Å²) in [7, 11) is -3.70. The van der Waals surface area contributed by atoms with Crippen molar-refractivity contribution >= 4 is 33.2 Å². The molecule has 0 radical (unpaired) electrons. The molecule has 29 heavy (non-hydrogen) atoms. The number of carbonyl (C=O) groups excluding carboxylic acids is 1. The fraction of sp³-hybridized carbons (Fsp3) is 0.409. The van der Waals surface area contributed by atoms with E-state index in [9.17, 15) is 13.2 Å². The molecule has 2 aromatic rings. The van der Waals surface area contributed by atoms with E-state index in [1.165, 1.54) is 5.56 Å². The normalized spacial score (nSPS) is 13.7. The summed E-state index contributed by atoms with van der Waals surface area (Å²) in [5, 5.41) is 3.40. The van der Waals surface area contributed by atoms with Gasteiger partial charge in [-0.3, -0.25) is 9.10 Å². The predicted molar refractivity (Wildman–Crippen MR) is 120 cm³/mol. The molecule has 0 aromatic heterocycles. The van der Waals surface area contributed by atoms with Crippen molar-refractivity contribution in [2.24, 2.45) is 0 Å². The van der Waals surface area contributed by atoms with Gasteiger partial charge in [-0.1, -0.05) is 29.8 Å². The molecular formula is C22H29ClN2O3S. The summed E-state index contributed by atoms with van der Waals surface area (Å²) in [6.07, 6.45) is 1.08. The molecule has 0 spiro atoms. The second-order valence-electron chi connectivity index (χ2n) is 7.69. The Morgan fingerprint density at radius 2 is 1.55 bits per heavy atom. The van der Waals surface area contributed by atoms with Crippen LogP contribution < -0.4 is 9.62 Å². The lowest BCUT2D eigenvalue weighted by atomic mass is 9.96. The zero-order valence-corrected chi connectivity index (χ0v) is 19.6. The molecule has 0 bridgehead atoms. The molecule has 0 aliphatic rings. The van der Waals surface area contributed by atoms with Crippen LogP contribution >= 0.6 is 11.6 Å². The predicted octanol–water partition coefficient (Wildman–Crippen LogP) is 4.61. The Morgan fingerprint density at radius 1 is 0.966 bits per heavy atom. The first-order valence-electron chi connectivity index (χ1n) is 9.46. The molecule has 0 fully saturated rings. The Morgan fingerprint density at radius 3 is 2.10 bits per heavy atom. The van der Waals surface area contributed by atoms with Gasteiger partial charge in [0.25, 0.3) is 0 Å². The molecule has 0 saturated carbocycles. The van der Waals surface area contributed by atoms with Crippen molar-refractivity contribution in [2.75, 3.05) is 10.6 Å². The maximum atomic E-state index is 13.0. The quantitative estimate of drug-likeness (QED) is 0.719. The maximum absolute atomic E-state index is 13.0. The van der Waals surface area contributed by atoms with Crippen LogP contribution in [0.4, 0.5) is 5.69 Å². The molecule has 7 heteroatoms. The Balaban J connectivity index is 2.32. The van der Waals surface area contributed by atoms with Crippen LogP contribution in [0, 0.1) is 27.7 Å². The summed E-state index contributed by atoms with van der Waals surface area (Å²) in [6, 6.07) is 7.93. The minimum atomic E-state index is -3.70. The summed E-state index contributed by atoms with van der Waals surface area (Å²) in [6.45, 7) is 11.4. The van der Waals surface area contributed by atoms with Crippen LogP contribution in [0.5, 0.6) is 0 Å². The Labute approximate surface area is 179 Å².